The van der Waals surface area contributed by atoms with Crippen molar-refractivity contribution >= 4 is 11.8 Å². The monoisotopic (exact) mass is 303 g/mol. The van der Waals surface area contributed by atoms with Gasteiger partial charge in [-0.2, -0.15) is 10.1 Å². The van der Waals surface area contributed by atoms with E-state index in [4.69, 9.17) is 9.47 Å². The highest BCUT2D eigenvalue weighted by Gasteiger charge is 2.23. The van der Waals surface area contributed by atoms with Crippen molar-refractivity contribution in [3.8, 4) is 5.95 Å². The number of rotatable bonds is 4. The first kappa shape index (κ1) is 14.5. The van der Waals surface area contributed by atoms with E-state index in [9.17, 15) is 4.79 Å². The maximum atomic E-state index is 12.1. The number of hydrogen-bond donors (Lipinski definition) is 0. The largest absolute Gasteiger partial charge is 0.462 e. The summed E-state index contributed by atoms with van der Waals surface area (Å²) in [5.74, 6) is 0.554. The van der Waals surface area contributed by atoms with Crippen molar-refractivity contribution in [1.82, 2.24) is 19.7 Å². The molecule has 0 atom stereocenters. The third-order valence-electron chi connectivity index (χ3n) is 3.27. The van der Waals surface area contributed by atoms with Crippen molar-refractivity contribution < 1.29 is 14.3 Å². The Morgan fingerprint density at radius 3 is 2.91 bits per heavy atom. The lowest BCUT2D eigenvalue weighted by atomic mass is 10.2. The van der Waals surface area contributed by atoms with Gasteiger partial charge in [0, 0.05) is 31.7 Å². The summed E-state index contributed by atoms with van der Waals surface area (Å²) < 4.78 is 12.0. The van der Waals surface area contributed by atoms with Crippen molar-refractivity contribution in [1.29, 1.82) is 0 Å². The highest BCUT2D eigenvalue weighted by molar-refractivity contribution is 5.94. The molecule has 0 aliphatic carbocycles. The van der Waals surface area contributed by atoms with Gasteiger partial charge in [-0.05, 0) is 13.0 Å². The van der Waals surface area contributed by atoms with Crippen LogP contribution in [0.5, 0.6) is 0 Å². The van der Waals surface area contributed by atoms with Crippen molar-refractivity contribution in [2.75, 3.05) is 37.8 Å². The molecule has 1 aliphatic rings. The Morgan fingerprint density at radius 2 is 2.23 bits per heavy atom. The van der Waals surface area contributed by atoms with E-state index in [1.807, 2.05) is 4.90 Å². The van der Waals surface area contributed by atoms with Crippen LogP contribution in [0.2, 0.25) is 0 Å². The molecule has 8 nitrogen and oxygen atoms in total. The third kappa shape index (κ3) is 2.91. The van der Waals surface area contributed by atoms with Crippen molar-refractivity contribution in [3.05, 3.63) is 30.2 Å². The van der Waals surface area contributed by atoms with Gasteiger partial charge in [0.1, 0.15) is 11.4 Å². The van der Waals surface area contributed by atoms with E-state index >= 15 is 0 Å². The van der Waals surface area contributed by atoms with Crippen LogP contribution in [-0.4, -0.2) is 58.6 Å². The van der Waals surface area contributed by atoms with Crippen LogP contribution < -0.4 is 4.90 Å². The van der Waals surface area contributed by atoms with Gasteiger partial charge in [0.2, 0.25) is 0 Å². The predicted octanol–water partition coefficient (Wildman–Crippen LogP) is 0.676. The van der Waals surface area contributed by atoms with E-state index in [-0.39, 0.29) is 0 Å². The molecule has 0 aromatic carbocycles. The van der Waals surface area contributed by atoms with Crippen molar-refractivity contribution in [2.24, 2.45) is 0 Å². The fourth-order valence-corrected chi connectivity index (χ4v) is 2.23. The Hall–Kier alpha value is -2.48. The van der Waals surface area contributed by atoms with Crippen molar-refractivity contribution in [3.63, 3.8) is 0 Å². The quantitative estimate of drug-likeness (QED) is 0.768. The molecule has 1 saturated heterocycles. The topological polar surface area (TPSA) is 82.4 Å². The number of aromatic nitrogens is 4. The van der Waals surface area contributed by atoms with Crippen LogP contribution >= 0.6 is 0 Å². The van der Waals surface area contributed by atoms with Crippen molar-refractivity contribution in [2.45, 2.75) is 6.92 Å². The Bertz CT molecular complexity index is 638. The first-order chi connectivity index (χ1) is 10.8. The van der Waals surface area contributed by atoms with Gasteiger partial charge >= 0.3 is 5.97 Å². The molecular formula is C14H17N5O3. The Labute approximate surface area is 127 Å². The maximum absolute atomic E-state index is 12.1. The Morgan fingerprint density at radius 1 is 1.41 bits per heavy atom. The zero-order valence-electron chi connectivity index (χ0n) is 12.3. The third-order valence-corrected chi connectivity index (χ3v) is 3.27. The summed E-state index contributed by atoms with van der Waals surface area (Å²) >= 11 is 0. The second-order valence-electron chi connectivity index (χ2n) is 4.68. The maximum Gasteiger partial charge on any atom is 0.343 e. The lowest BCUT2D eigenvalue weighted by molar-refractivity contribution is 0.0525. The van der Waals surface area contributed by atoms with Crippen LogP contribution in [0.3, 0.4) is 0 Å². The molecule has 116 valence electrons. The molecule has 2 aromatic rings. The van der Waals surface area contributed by atoms with Gasteiger partial charge in [0.15, 0.2) is 0 Å². The predicted molar refractivity (Wildman–Crippen MR) is 78.1 cm³/mol. The van der Waals surface area contributed by atoms with E-state index < -0.39 is 5.97 Å². The van der Waals surface area contributed by atoms with Gasteiger partial charge in [-0.3, -0.25) is 0 Å². The molecule has 0 radical (unpaired) electrons. The number of nitrogens with zero attached hydrogens (tertiary/aromatic N) is 5. The number of esters is 1. The van der Waals surface area contributed by atoms with Crippen LogP contribution in [0.1, 0.15) is 17.3 Å². The van der Waals surface area contributed by atoms with Gasteiger partial charge in [0.05, 0.1) is 19.8 Å². The SMILES string of the molecule is CCOC(=O)c1cnc(-n2cccn2)nc1N1CCOCC1. The molecule has 1 fully saturated rings. The molecule has 0 N–H and O–H groups in total. The zero-order chi connectivity index (χ0) is 15.4. The number of carbonyl (C=O) groups is 1. The van der Waals surface area contributed by atoms with Crippen LogP contribution in [0.4, 0.5) is 5.82 Å². The van der Waals surface area contributed by atoms with Gasteiger partial charge in [-0.1, -0.05) is 0 Å². The van der Waals surface area contributed by atoms with Crippen LogP contribution in [0, 0.1) is 0 Å². The Balaban J connectivity index is 2.00. The molecule has 0 bridgehead atoms. The van der Waals surface area contributed by atoms with Gasteiger partial charge in [-0.25, -0.2) is 14.5 Å². The van der Waals surface area contributed by atoms with Crippen LogP contribution in [0.25, 0.3) is 5.95 Å². The minimum absolute atomic E-state index is 0.308. The zero-order valence-corrected chi connectivity index (χ0v) is 12.3. The molecule has 0 saturated carbocycles. The number of anilines is 1. The summed E-state index contributed by atoms with van der Waals surface area (Å²) in [4.78, 5) is 22.8. The second kappa shape index (κ2) is 6.52. The highest BCUT2D eigenvalue weighted by Crippen LogP contribution is 2.20. The molecule has 0 amide bonds. The molecule has 22 heavy (non-hydrogen) atoms. The van der Waals surface area contributed by atoms with Gasteiger partial charge in [-0.15, -0.1) is 0 Å². The lowest BCUT2D eigenvalue weighted by Crippen LogP contribution is -2.38. The fourth-order valence-electron chi connectivity index (χ4n) is 2.23. The molecule has 3 heterocycles. The standard InChI is InChI=1S/C14H17N5O3/c1-2-22-13(20)11-10-15-14(19-5-3-4-16-19)17-12(11)18-6-8-21-9-7-18/h3-5,10H,2,6-9H2,1H3. The smallest absolute Gasteiger partial charge is 0.343 e. The molecule has 3 rings (SSSR count). The lowest BCUT2D eigenvalue weighted by Gasteiger charge is -2.29. The molecule has 1 aliphatic heterocycles. The summed E-state index contributed by atoms with van der Waals surface area (Å²) in [5, 5.41) is 4.12. The minimum atomic E-state index is -0.420. The Kier molecular flexibility index (Phi) is 4.29. The van der Waals surface area contributed by atoms with E-state index in [0.717, 1.165) is 0 Å². The van der Waals surface area contributed by atoms with E-state index in [1.54, 1.807) is 30.1 Å². The summed E-state index contributed by atoms with van der Waals surface area (Å²) in [5.41, 5.74) is 0.361. The second-order valence-corrected chi connectivity index (χ2v) is 4.68. The van der Waals surface area contributed by atoms with E-state index in [2.05, 4.69) is 15.1 Å². The number of ether oxygens (including phenoxy) is 2. The average molecular weight is 303 g/mol. The molecule has 8 heteroatoms. The average Bonchev–Trinajstić information content (AvgIpc) is 3.10. The summed E-state index contributed by atoms with van der Waals surface area (Å²) in [7, 11) is 0. The van der Waals surface area contributed by atoms with E-state index in [1.165, 1.54) is 6.20 Å². The summed E-state index contributed by atoms with van der Waals surface area (Å²) in [6.07, 6.45) is 4.90. The summed E-state index contributed by atoms with van der Waals surface area (Å²) in [6, 6.07) is 1.79. The minimum Gasteiger partial charge on any atom is -0.462 e. The number of hydrogen-bond acceptors (Lipinski definition) is 7. The molecule has 2 aromatic heterocycles. The normalized spacial score (nSPS) is 14.9. The van der Waals surface area contributed by atoms with Crippen LogP contribution in [-0.2, 0) is 9.47 Å². The summed E-state index contributed by atoms with van der Waals surface area (Å²) in [6.45, 7) is 4.62. The first-order valence-electron chi connectivity index (χ1n) is 7.16. The first-order valence-corrected chi connectivity index (χ1v) is 7.16. The van der Waals surface area contributed by atoms with Gasteiger partial charge < -0.3 is 14.4 Å². The fraction of sp³-hybridized carbons (Fsp3) is 0.429. The molecular weight excluding hydrogens is 286 g/mol. The van der Waals surface area contributed by atoms with Gasteiger partial charge in [0.25, 0.3) is 5.95 Å². The van der Waals surface area contributed by atoms with E-state index in [0.29, 0.717) is 50.2 Å². The highest BCUT2D eigenvalue weighted by atomic mass is 16.5. The van der Waals surface area contributed by atoms with Crippen LogP contribution in [0.15, 0.2) is 24.7 Å². The number of carbonyl (C=O) groups excluding carboxylic acids is 1. The molecule has 0 unspecified atom stereocenters. The molecule has 0 spiro atoms. The number of morpholine rings is 1.